The van der Waals surface area contributed by atoms with Crippen LogP contribution in [0, 0.1) is 5.92 Å². The zero-order chi connectivity index (χ0) is 18.2. The number of benzene rings is 1. The summed E-state index contributed by atoms with van der Waals surface area (Å²) in [4.78, 5) is 27.2. The molecule has 1 fully saturated rings. The molecule has 138 valence electrons. The van der Waals surface area contributed by atoms with E-state index in [9.17, 15) is 9.59 Å². The lowest BCUT2D eigenvalue weighted by Crippen LogP contribution is -2.38. The number of aliphatic carboxylic acids is 1. The predicted molar refractivity (Wildman–Crippen MR) is 95.5 cm³/mol. The third-order valence-electron chi connectivity index (χ3n) is 4.74. The second-order valence-electron chi connectivity index (χ2n) is 6.77. The van der Waals surface area contributed by atoms with Gasteiger partial charge in [-0.15, -0.1) is 0 Å². The summed E-state index contributed by atoms with van der Waals surface area (Å²) in [5.74, 6) is 0.370. The Bertz CT molecular complexity index is 591. The number of carbonyl (C=O) groups is 2. The second-order valence-corrected chi connectivity index (χ2v) is 6.77. The van der Waals surface area contributed by atoms with Gasteiger partial charge in [-0.05, 0) is 56.0 Å². The van der Waals surface area contributed by atoms with Crippen molar-refractivity contribution in [3.05, 3.63) is 29.8 Å². The fourth-order valence-electron chi connectivity index (χ4n) is 3.28. The fourth-order valence-corrected chi connectivity index (χ4v) is 3.28. The van der Waals surface area contributed by atoms with Crippen molar-refractivity contribution >= 4 is 11.9 Å². The maximum atomic E-state index is 12.5. The molecule has 25 heavy (non-hydrogen) atoms. The van der Waals surface area contributed by atoms with Crippen LogP contribution < -0.4 is 4.74 Å². The molecule has 1 aliphatic rings. The average Bonchev–Trinajstić information content (AvgIpc) is 2.79. The number of nitrogens with zero attached hydrogens (tertiary/aromatic N) is 2. The standard InChI is InChI=1S/C19H28N2O4/c1-20(13-16-5-3-7-17(11-16)25-2)18(22)14-21-9-4-6-15(8-10-21)12-19(23)24/h3,5,7,11,15H,4,6,8-10,12-14H2,1-2H3,(H,23,24)/t15-/m0/s1. The zero-order valence-corrected chi connectivity index (χ0v) is 15.1. The van der Waals surface area contributed by atoms with Crippen LogP contribution in [0.15, 0.2) is 24.3 Å². The van der Waals surface area contributed by atoms with E-state index in [1.165, 1.54) is 0 Å². The zero-order valence-electron chi connectivity index (χ0n) is 15.1. The van der Waals surface area contributed by atoms with Crippen molar-refractivity contribution in [1.82, 2.24) is 9.80 Å². The number of hydrogen-bond acceptors (Lipinski definition) is 4. The number of ether oxygens (including phenoxy) is 1. The van der Waals surface area contributed by atoms with Gasteiger partial charge in [0.2, 0.25) is 5.91 Å². The molecule has 1 atom stereocenters. The number of methoxy groups -OCH3 is 1. The number of carbonyl (C=O) groups excluding carboxylic acids is 1. The maximum Gasteiger partial charge on any atom is 0.303 e. The van der Waals surface area contributed by atoms with Gasteiger partial charge < -0.3 is 14.7 Å². The number of likely N-dealkylation sites (N-methyl/N-ethyl adjacent to an activating group) is 1. The van der Waals surface area contributed by atoms with Crippen LogP contribution in [0.4, 0.5) is 0 Å². The van der Waals surface area contributed by atoms with E-state index in [1.54, 1.807) is 12.0 Å². The van der Waals surface area contributed by atoms with Crippen molar-refractivity contribution in [2.75, 3.05) is 33.8 Å². The highest BCUT2D eigenvalue weighted by molar-refractivity contribution is 5.78. The van der Waals surface area contributed by atoms with Gasteiger partial charge in [-0.2, -0.15) is 0 Å². The van der Waals surface area contributed by atoms with Crippen LogP contribution in [0.25, 0.3) is 0 Å². The van der Waals surface area contributed by atoms with Crippen molar-refractivity contribution in [3.8, 4) is 5.75 Å². The minimum absolute atomic E-state index is 0.0829. The largest absolute Gasteiger partial charge is 0.497 e. The topological polar surface area (TPSA) is 70.1 Å². The maximum absolute atomic E-state index is 12.5. The summed E-state index contributed by atoms with van der Waals surface area (Å²) in [6.07, 6.45) is 2.96. The van der Waals surface area contributed by atoms with Crippen molar-refractivity contribution in [2.24, 2.45) is 5.92 Å². The molecule has 1 amide bonds. The molecule has 1 aromatic carbocycles. The lowest BCUT2D eigenvalue weighted by Gasteiger charge is -2.24. The third kappa shape index (κ3) is 6.38. The summed E-state index contributed by atoms with van der Waals surface area (Å²) in [5, 5.41) is 8.94. The molecule has 0 bridgehead atoms. The van der Waals surface area contributed by atoms with Crippen LogP contribution in [0.5, 0.6) is 5.75 Å². The molecular formula is C19H28N2O4. The first-order valence-electron chi connectivity index (χ1n) is 8.79. The predicted octanol–water partition coefficient (Wildman–Crippen LogP) is 2.23. The van der Waals surface area contributed by atoms with Crippen molar-refractivity contribution in [3.63, 3.8) is 0 Å². The summed E-state index contributed by atoms with van der Waals surface area (Å²) in [5.41, 5.74) is 1.03. The Labute approximate surface area is 149 Å². The van der Waals surface area contributed by atoms with Crippen LogP contribution in [-0.2, 0) is 16.1 Å². The third-order valence-corrected chi connectivity index (χ3v) is 4.74. The Kier molecular flexibility index (Phi) is 7.25. The molecule has 1 aliphatic heterocycles. The highest BCUT2D eigenvalue weighted by atomic mass is 16.5. The van der Waals surface area contributed by atoms with E-state index in [2.05, 4.69) is 4.90 Å². The summed E-state index contributed by atoms with van der Waals surface area (Å²) in [6.45, 7) is 2.58. The average molecular weight is 348 g/mol. The number of carboxylic acids is 1. The van der Waals surface area contributed by atoms with Crippen LogP contribution in [-0.4, -0.2) is 60.6 Å². The van der Waals surface area contributed by atoms with E-state index in [-0.39, 0.29) is 18.2 Å². The molecule has 0 aliphatic carbocycles. The van der Waals surface area contributed by atoms with Crippen LogP contribution in [0.1, 0.15) is 31.2 Å². The van der Waals surface area contributed by atoms with Crippen LogP contribution >= 0.6 is 0 Å². The molecule has 1 aromatic rings. The summed E-state index contributed by atoms with van der Waals surface area (Å²) in [6, 6.07) is 7.72. The quantitative estimate of drug-likeness (QED) is 0.818. The molecule has 6 nitrogen and oxygen atoms in total. The van der Waals surface area contributed by atoms with Gasteiger partial charge in [0.05, 0.1) is 13.7 Å². The minimum Gasteiger partial charge on any atom is -0.497 e. The molecule has 0 unspecified atom stereocenters. The van der Waals surface area contributed by atoms with E-state index < -0.39 is 5.97 Å². The number of carboxylic acid groups (broad SMARTS) is 1. The molecular weight excluding hydrogens is 320 g/mol. The molecule has 0 radical (unpaired) electrons. The highest BCUT2D eigenvalue weighted by Crippen LogP contribution is 2.21. The Morgan fingerprint density at radius 1 is 1.32 bits per heavy atom. The minimum atomic E-state index is -0.729. The molecule has 1 heterocycles. The van der Waals surface area contributed by atoms with Gasteiger partial charge in [0, 0.05) is 20.0 Å². The van der Waals surface area contributed by atoms with Crippen LogP contribution in [0.3, 0.4) is 0 Å². The van der Waals surface area contributed by atoms with Gasteiger partial charge >= 0.3 is 5.97 Å². The van der Waals surface area contributed by atoms with E-state index in [0.717, 1.165) is 43.7 Å². The van der Waals surface area contributed by atoms with Crippen molar-refractivity contribution in [2.45, 2.75) is 32.2 Å². The summed E-state index contributed by atoms with van der Waals surface area (Å²) < 4.78 is 5.22. The number of rotatable bonds is 7. The Morgan fingerprint density at radius 2 is 2.12 bits per heavy atom. The molecule has 1 N–H and O–H groups in total. The Balaban J connectivity index is 1.83. The molecule has 2 rings (SSSR count). The second kappa shape index (κ2) is 9.42. The van der Waals surface area contributed by atoms with E-state index >= 15 is 0 Å². The Hall–Kier alpha value is -2.08. The number of amides is 1. The molecule has 1 saturated heterocycles. The van der Waals surface area contributed by atoms with Crippen LogP contribution in [0.2, 0.25) is 0 Å². The lowest BCUT2D eigenvalue weighted by atomic mass is 9.97. The van der Waals surface area contributed by atoms with Gasteiger partial charge in [0.15, 0.2) is 0 Å². The SMILES string of the molecule is COc1cccc(CN(C)C(=O)CN2CCC[C@H](CC(=O)O)CC2)c1. The number of hydrogen-bond donors (Lipinski definition) is 1. The summed E-state index contributed by atoms with van der Waals surface area (Å²) in [7, 11) is 3.44. The normalized spacial score (nSPS) is 18.4. The first-order chi connectivity index (χ1) is 12.0. The first kappa shape index (κ1) is 19.2. The smallest absolute Gasteiger partial charge is 0.303 e. The van der Waals surface area contributed by atoms with Gasteiger partial charge in [-0.25, -0.2) is 0 Å². The monoisotopic (exact) mass is 348 g/mol. The van der Waals surface area contributed by atoms with E-state index in [0.29, 0.717) is 13.1 Å². The van der Waals surface area contributed by atoms with Gasteiger partial charge in [0.1, 0.15) is 5.75 Å². The summed E-state index contributed by atoms with van der Waals surface area (Å²) >= 11 is 0. The molecule has 0 aromatic heterocycles. The highest BCUT2D eigenvalue weighted by Gasteiger charge is 2.21. The van der Waals surface area contributed by atoms with Crippen molar-refractivity contribution in [1.29, 1.82) is 0 Å². The van der Waals surface area contributed by atoms with Crippen molar-refractivity contribution < 1.29 is 19.4 Å². The lowest BCUT2D eigenvalue weighted by molar-refractivity contribution is -0.138. The van der Waals surface area contributed by atoms with Gasteiger partial charge in [-0.3, -0.25) is 14.5 Å². The fraction of sp³-hybridized carbons (Fsp3) is 0.579. The van der Waals surface area contributed by atoms with Gasteiger partial charge in [0.25, 0.3) is 0 Å². The van der Waals surface area contributed by atoms with E-state index in [1.807, 2.05) is 31.3 Å². The first-order valence-corrected chi connectivity index (χ1v) is 8.79. The van der Waals surface area contributed by atoms with Gasteiger partial charge in [-0.1, -0.05) is 12.1 Å². The molecule has 6 heteroatoms. The Morgan fingerprint density at radius 3 is 2.84 bits per heavy atom. The molecule has 0 saturated carbocycles. The van der Waals surface area contributed by atoms with E-state index in [4.69, 9.17) is 9.84 Å². The number of likely N-dealkylation sites (tertiary alicyclic amines) is 1. The molecule has 0 spiro atoms.